The molecule has 0 aliphatic carbocycles. The summed E-state index contributed by atoms with van der Waals surface area (Å²) in [6.45, 7) is 0.394. The number of rotatable bonds is 6. The average Bonchev–Trinajstić information content (AvgIpc) is 3.34. The van der Waals surface area contributed by atoms with E-state index in [1.54, 1.807) is 29.2 Å². The van der Waals surface area contributed by atoms with Gasteiger partial charge in [-0.2, -0.15) is 0 Å². The third-order valence-corrected chi connectivity index (χ3v) is 5.67. The molecule has 29 heavy (non-hydrogen) atoms. The van der Waals surface area contributed by atoms with Crippen LogP contribution in [-0.2, 0) is 9.59 Å². The van der Waals surface area contributed by atoms with Crippen molar-refractivity contribution in [2.75, 3.05) is 23.4 Å². The van der Waals surface area contributed by atoms with E-state index in [0.717, 1.165) is 5.69 Å². The van der Waals surface area contributed by atoms with Crippen molar-refractivity contribution in [1.29, 1.82) is 0 Å². The highest BCUT2D eigenvalue weighted by Crippen LogP contribution is 2.34. The number of benzene rings is 2. The van der Waals surface area contributed by atoms with E-state index in [2.05, 4.69) is 15.5 Å². The van der Waals surface area contributed by atoms with Crippen LogP contribution in [0.15, 0.2) is 54.6 Å². The second-order valence-electron chi connectivity index (χ2n) is 6.48. The van der Waals surface area contributed by atoms with Gasteiger partial charge in [0.25, 0.3) is 5.91 Å². The van der Waals surface area contributed by atoms with Crippen molar-refractivity contribution in [3.63, 3.8) is 0 Å². The number of hydrogen-bond acceptors (Lipinski definition) is 6. The van der Waals surface area contributed by atoms with E-state index < -0.39 is 0 Å². The first kappa shape index (κ1) is 19.4. The Kier molecular flexibility index (Phi) is 5.73. The summed E-state index contributed by atoms with van der Waals surface area (Å²) in [5.41, 5.74) is 0.804. The van der Waals surface area contributed by atoms with E-state index in [-0.39, 0.29) is 24.3 Å². The summed E-state index contributed by atoms with van der Waals surface area (Å²) in [6, 6.07) is 16.3. The van der Waals surface area contributed by atoms with Gasteiger partial charge in [0.2, 0.25) is 11.0 Å². The Hall–Kier alpha value is -2.97. The number of amides is 2. The number of ether oxygens (including phenoxy) is 1. The van der Waals surface area contributed by atoms with Crippen LogP contribution in [0.1, 0.15) is 17.3 Å². The van der Waals surface area contributed by atoms with Gasteiger partial charge in [-0.3, -0.25) is 14.9 Å². The summed E-state index contributed by atoms with van der Waals surface area (Å²) in [4.78, 5) is 26.2. The van der Waals surface area contributed by atoms with Crippen molar-refractivity contribution in [3.05, 3.63) is 64.6 Å². The highest BCUT2D eigenvalue weighted by Gasteiger charge is 2.34. The van der Waals surface area contributed by atoms with Crippen LogP contribution in [0.2, 0.25) is 5.02 Å². The number of para-hydroxylation sites is 1. The Labute approximate surface area is 176 Å². The van der Waals surface area contributed by atoms with Crippen molar-refractivity contribution >= 4 is 45.6 Å². The molecule has 3 aromatic rings. The molecule has 2 heterocycles. The summed E-state index contributed by atoms with van der Waals surface area (Å²) in [7, 11) is 0. The number of carbonyl (C=O) groups is 2. The highest BCUT2D eigenvalue weighted by molar-refractivity contribution is 7.15. The third kappa shape index (κ3) is 4.72. The van der Waals surface area contributed by atoms with Crippen LogP contribution in [0.5, 0.6) is 5.75 Å². The molecule has 9 heteroatoms. The fourth-order valence-electron chi connectivity index (χ4n) is 3.01. The molecule has 1 aliphatic heterocycles. The van der Waals surface area contributed by atoms with Crippen molar-refractivity contribution < 1.29 is 14.3 Å². The molecule has 1 fully saturated rings. The molecule has 0 saturated carbocycles. The van der Waals surface area contributed by atoms with Crippen LogP contribution in [0.4, 0.5) is 10.8 Å². The molecule has 4 rings (SSSR count). The van der Waals surface area contributed by atoms with Crippen molar-refractivity contribution in [3.8, 4) is 5.75 Å². The first-order valence-electron chi connectivity index (χ1n) is 8.95. The fourth-order valence-corrected chi connectivity index (χ4v) is 3.99. The molecule has 0 bridgehead atoms. The van der Waals surface area contributed by atoms with Gasteiger partial charge in [0.05, 0.1) is 0 Å². The first-order chi connectivity index (χ1) is 14.1. The molecule has 1 aliphatic rings. The Morgan fingerprint density at radius 3 is 2.69 bits per heavy atom. The number of carbonyl (C=O) groups excluding carboxylic acids is 2. The van der Waals surface area contributed by atoms with Gasteiger partial charge in [0, 0.05) is 29.6 Å². The van der Waals surface area contributed by atoms with Crippen LogP contribution in [0, 0.1) is 0 Å². The Bertz CT molecular complexity index is 1010. The summed E-state index contributed by atoms with van der Waals surface area (Å²) < 4.78 is 5.42. The second kappa shape index (κ2) is 8.59. The van der Waals surface area contributed by atoms with Crippen LogP contribution in [0.3, 0.4) is 0 Å². The van der Waals surface area contributed by atoms with E-state index in [9.17, 15) is 9.59 Å². The van der Waals surface area contributed by atoms with Gasteiger partial charge in [-0.05, 0) is 36.4 Å². The van der Waals surface area contributed by atoms with Gasteiger partial charge >= 0.3 is 0 Å². The van der Waals surface area contributed by atoms with Crippen LogP contribution >= 0.6 is 22.9 Å². The number of hydrogen-bond donors (Lipinski definition) is 1. The Morgan fingerprint density at radius 1 is 1.17 bits per heavy atom. The molecule has 2 aromatic carbocycles. The normalized spacial score (nSPS) is 16.1. The summed E-state index contributed by atoms with van der Waals surface area (Å²) in [6.07, 6.45) is 0.350. The minimum absolute atomic E-state index is 0.0226. The Balaban J connectivity index is 1.34. The number of anilines is 2. The average molecular weight is 429 g/mol. The zero-order chi connectivity index (χ0) is 20.2. The fraction of sp³-hybridized carbons (Fsp3) is 0.200. The van der Waals surface area contributed by atoms with Crippen molar-refractivity contribution in [2.45, 2.75) is 12.3 Å². The maximum Gasteiger partial charge on any atom is 0.264 e. The SMILES string of the molecule is O=C(COc1ccccc1)Nc1nnc([C@@H]2CC(=O)N(c3ccc(Cl)cc3)C2)s1. The van der Waals surface area contributed by atoms with E-state index in [1.165, 1.54) is 11.3 Å². The zero-order valence-corrected chi connectivity index (χ0v) is 16.8. The molecule has 0 radical (unpaired) electrons. The largest absolute Gasteiger partial charge is 0.484 e. The Morgan fingerprint density at radius 2 is 1.93 bits per heavy atom. The van der Waals surface area contributed by atoms with E-state index in [4.69, 9.17) is 16.3 Å². The number of nitrogens with one attached hydrogen (secondary N) is 1. The molecular weight excluding hydrogens is 412 g/mol. The lowest BCUT2D eigenvalue weighted by Gasteiger charge is -2.16. The van der Waals surface area contributed by atoms with E-state index in [0.29, 0.717) is 33.9 Å². The predicted molar refractivity (Wildman–Crippen MR) is 112 cm³/mol. The number of halogens is 1. The second-order valence-corrected chi connectivity index (χ2v) is 7.92. The zero-order valence-electron chi connectivity index (χ0n) is 15.2. The molecule has 7 nitrogen and oxygen atoms in total. The molecule has 0 unspecified atom stereocenters. The first-order valence-corrected chi connectivity index (χ1v) is 10.1. The molecule has 148 valence electrons. The van der Waals surface area contributed by atoms with E-state index in [1.807, 2.05) is 30.3 Å². The lowest BCUT2D eigenvalue weighted by molar-refractivity contribution is -0.118. The number of aromatic nitrogens is 2. The lowest BCUT2D eigenvalue weighted by atomic mass is 10.1. The van der Waals surface area contributed by atoms with E-state index >= 15 is 0 Å². The maximum atomic E-state index is 12.4. The van der Waals surface area contributed by atoms with Crippen LogP contribution in [0.25, 0.3) is 0 Å². The molecular formula is C20H17ClN4O3S. The monoisotopic (exact) mass is 428 g/mol. The van der Waals surface area contributed by atoms with Gasteiger partial charge in [0.1, 0.15) is 10.8 Å². The molecule has 1 saturated heterocycles. The van der Waals surface area contributed by atoms with Gasteiger partial charge in [0.15, 0.2) is 6.61 Å². The maximum absolute atomic E-state index is 12.4. The molecule has 1 aromatic heterocycles. The van der Waals surface area contributed by atoms with Gasteiger partial charge in [-0.1, -0.05) is 41.1 Å². The van der Waals surface area contributed by atoms with Gasteiger partial charge < -0.3 is 9.64 Å². The minimum atomic E-state index is -0.318. The third-order valence-electron chi connectivity index (χ3n) is 4.41. The lowest BCUT2D eigenvalue weighted by Crippen LogP contribution is -2.24. The molecule has 1 N–H and O–H groups in total. The summed E-state index contributed by atoms with van der Waals surface area (Å²) in [5, 5.41) is 12.6. The highest BCUT2D eigenvalue weighted by atomic mass is 35.5. The topological polar surface area (TPSA) is 84.4 Å². The summed E-state index contributed by atoms with van der Waals surface area (Å²) >= 11 is 7.19. The predicted octanol–water partition coefficient (Wildman–Crippen LogP) is 3.73. The van der Waals surface area contributed by atoms with Gasteiger partial charge in [-0.25, -0.2) is 0 Å². The standard InChI is InChI=1S/C20H17ClN4O3S/c21-14-6-8-15(9-7-14)25-11-13(10-18(25)27)19-23-24-20(29-19)22-17(26)12-28-16-4-2-1-3-5-16/h1-9,13H,10-12H2,(H,22,24,26)/t13-/m1/s1. The summed E-state index contributed by atoms with van der Waals surface area (Å²) in [5.74, 6) is 0.255. The molecule has 0 spiro atoms. The van der Waals surface area contributed by atoms with Gasteiger partial charge in [-0.15, -0.1) is 10.2 Å². The van der Waals surface area contributed by atoms with Crippen LogP contribution in [-0.4, -0.2) is 35.2 Å². The number of nitrogens with zero attached hydrogens (tertiary/aromatic N) is 3. The van der Waals surface area contributed by atoms with Crippen LogP contribution < -0.4 is 15.0 Å². The minimum Gasteiger partial charge on any atom is -0.484 e. The smallest absolute Gasteiger partial charge is 0.264 e. The molecule has 2 amide bonds. The molecule has 1 atom stereocenters. The quantitative estimate of drug-likeness (QED) is 0.646. The van der Waals surface area contributed by atoms with Crippen molar-refractivity contribution in [1.82, 2.24) is 10.2 Å². The van der Waals surface area contributed by atoms with Crippen molar-refractivity contribution in [2.24, 2.45) is 0 Å².